The maximum atomic E-state index is 10.7. The van der Waals surface area contributed by atoms with E-state index < -0.39 is 16.8 Å². The molecule has 1 unspecified atom stereocenters. The Balaban J connectivity index is 3.30. The predicted molar refractivity (Wildman–Crippen MR) is 56.8 cm³/mol. The van der Waals surface area contributed by atoms with Gasteiger partial charge in [0.1, 0.15) is 0 Å². The van der Waals surface area contributed by atoms with Crippen LogP contribution in [0.5, 0.6) is 0 Å². The van der Waals surface area contributed by atoms with Crippen molar-refractivity contribution < 1.29 is 14.8 Å². The van der Waals surface area contributed by atoms with Gasteiger partial charge in [-0.1, -0.05) is 15.9 Å². The Morgan fingerprint density at radius 2 is 2.20 bits per heavy atom. The summed E-state index contributed by atoms with van der Waals surface area (Å²) in [6, 6.07) is 4.26. The number of nitro groups is 1. The molecule has 0 spiro atoms. The number of rotatable bonds is 3. The molecule has 80 valence electrons. The van der Waals surface area contributed by atoms with E-state index in [4.69, 9.17) is 5.11 Å². The Bertz CT molecular complexity index is 419. The molecule has 1 rings (SSSR count). The average Bonchev–Trinajstić information content (AvgIpc) is 2.15. The number of carbonyl (C=O) groups is 1. The first kappa shape index (κ1) is 11.6. The fraction of sp³-hybridized carbons (Fsp3) is 0.222. The van der Waals surface area contributed by atoms with Crippen LogP contribution in [-0.2, 0) is 4.79 Å². The van der Waals surface area contributed by atoms with Crippen molar-refractivity contribution in [3.63, 3.8) is 0 Å². The number of halogens is 1. The fourth-order valence-electron chi connectivity index (χ4n) is 1.17. The van der Waals surface area contributed by atoms with E-state index in [0.29, 0.717) is 4.47 Å². The fourth-order valence-corrected chi connectivity index (χ4v) is 1.55. The largest absolute Gasteiger partial charge is 0.481 e. The van der Waals surface area contributed by atoms with Gasteiger partial charge < -0.3 is 5.11 Å². The summed E-state index contributed by atoms with van der Waals surface area (Å²) < 4.78 is 0.621. The maximum absolute atomic E-state index is 10.7. The van der Waals surface area contributed by atoms with E-state index in [0.717, 1.165) is 0 Å². The summed E-state index contributed by atoms with van der Waals surface area (Å²) >= 11 is 3.15. The smallest absolute Gasteiger partial charge is 0.310 e. The molecule has 1 aromatic rings. The monoisotopic (exact) mass is 273 g/mol. The van der Waals surface area contributed by atoms with Crippen molar-refractivity contribution in [2.75, 3.05) is 0 Å². The van der Waals surface area contributed by atoms with Crippen molar-refractivity contribution in [1.82, 2.24) is 0 Å². The van der Waals surface area contributed by atoms with E-state index in [2.05, 4.69) is 15.9 Å². The van der Waals surface area contributed by atoms with Gasteiger partial charge in [-0.15, -0.1) is 0 Å². The molecule has 0 fully saturated rings. The normalized spacial score (nSPS) is 12.1. The third-order valence-corrected chi connectivity index (χ3v) is 2.52. The van der Waals surface area contributed by atoms with Gasteiger partial charge in [0.15, 0.2) is 0 Å². The van der Waals surface area contributed by atoms with Crippen molar-refractivity contribution in [2.45, 2.75) is 12.8 Å². The molecule has 0 aliphatic rings. The van der Waals surface area contributed by atoms with Gasteiger partial charge in [0.05, 0.1) is 10.8 Å². The number of nitro benzene ring substituents is 1. The van der Waals surface area contributed by atoms with Gasteiger partial charge in [-0.3, -0.25) is 14.9 Å². The van der Waals surface area contributed by atoms with E-state index >= 15 is 0 Å². The van der Waals surface area contributed by atoms with Crippen molar-refractivity contribution in [1.29, 1.82) is 0 Å². The first-order valence-corrected chi connectivity index (χ1v) is 4.89. The lowest BCUT2D eigenvalue weighted by Crippen LogP contribution is -2.09. The molecule has 0 saturated carbocycles. The van der Waals surface area contributed by atoms with Crippen LogP contribution in [0.4, 0.5) is 5.69 Å². The van der Waals surface area contributed by atoms with Crippen molar-refractivity contribution >= 4 is 27.6 Å². The number of carboxylic acid groups (broad SMARTS) is 1. The zero-order valence-electron chi connectivity index (χ0n) is 7.81. The van der Waals surface area contributed by atoms with Crippen LogP contribution in [0.15, 0.2) is 22.7 Å². The molecule has 0 radical (unpaired) electrons. The van der Waals surface area contributed by atoms with Crippen molar-refractivity contribution in [3.05, 3.63) is 38.3 Å². The first-order chi connectivity index (χ1) is 6.93. The summed E-state index contributed by atoms with van der Waals surface area (Å²) in [5, 5.41) is 19.5. The molecule has 15 heavy (non-hydrogen) atoms. The Labute approximate surface area is 94.0 Å². The lowest BCUT2D eigenvalue weighted by atomic mass is 10.00. The second-order valence-electron chi connectivity index (χ2n) is 3.02. The number of hydrogen-bond donors (Lipinski definition) is 1. The van der Waals surface area contributed by atoms with Crippen LogP contribution in [0, 0.1) is 10.1 Å². The van der Waals surface area contributed by atoms with Gasteiger partial charge in [-0.05, 0) is 19.1 Å². The zero-order valence-corrected chi connectivity index (χ0v) is 9.39. The number of hydrogen-bond acceptors (Lipinski definition) is 3. The van der Waals surface area contributed by atoms with Crippen molar-refractivity contribution in [3.8, 4) is 0 Å². The summed E-state index contributed by atoms with van der Waals surface area (Å²) in [4.78, 5) is 20.8. The highest BCUT2D eigenvalue weighted by atomic mass is 79.9. The second-order valence-corrected chi connectivity index (χ2v) is 3.94. The van der Waals surface area contributed by atoms with Crippen LogP contribution in [0.1, 0.15) is 18.4 Å². The first-order valence-electron chi connectivity index (χ1n) is 4.10. The number of nitrogens with zero attached hydrogens (tertiary/aromatic N) is 1. The molecule has 0 aliphatic heterocycles. The lowest BCUT2D eigenvalue weighted by Gasteiger charge is -2.07. The molecule has 0 saturated heterocycles. The van der Waals surface area contributed by atoms with Gasteiger partial charge in [-0.2, -0.15) is 0 Å². The Morgan fingerprint density at radius 3 is 2.67 bits per heavy atom. The average molecular weight is 274 g/mol. The highest BCUT2D eigenvalue weighted by molar-refractivity contribution is 9.10. The second kappa shape index (κ2) is 4.39. The van der Waals surface area contributed by atoms with E-state index in [9.17, 15) is 14.9 Å². The number of carboxylic acids is 1. The van der Waals surface area contributed by atoms with Crippen molar-refractivity contribution in [2.24, 2.45) is 0 Å². The molecule has 0 heterocycles. The Kier molecular flexibility index (Phi) is 3.41. The minimum atomic E-state index is -1.09. The molecule has 6 heteroatoms. The molecule has 0 bridgehead atoms. The van der Waals surface area contributed by atoms with Gasteiger partial charge in [0, 0.05) is 16.1 Å². The molecule has 0 aromatic heterocycles. The molecule has 1 aromatic carbocycles. The highest BCUT2D eigenvalue weighted by Gasteiger charge is 2.23. The third-order valence-electron chi connectivity index (χ3n) is 2.02. The van der Waals surface area contributed by atoms with E-state index in [1.54, 1.807) is 0 Å². The minimum Gasteiger partial charge on any atom is -0.481 e. The molecular formula is C9H8BrNO4. The summed E-state index contributed by atoms with van der Waals surface area (Å²) in [7, 11) is 0. The number of benzene rings is 1. The van der Waals surface area contributed by atoms with Crippen LogP contribution in [0.2, 0.25) is 0 Å². The lowest BCUT2D eigenvalue weighted by molar-refractivity contribution is -0.385. The molecule has 5 nitrogen and oxygen atoms in total. The van der Waals surface area contributed by atoms with E-state index in [1.165, 1.54) is 25.1 Å². The summed E-state index contributed by atoms with van der Waals surface area (Å²) in [5.41, 5.74) is 0.0231. The molecular weight excluding hydrogens is 266 g/mol. The van der Waals surface area contributed by atoms with Gasteiger partial charge >= 0.3 is 5.97 Å². The molecule has 0 amide bonds. The molecule has 1 atom stereocenters. The minimum absolute atomic E-state index is 0.173. The highest BCUT2D eigenvalue weighted by Crippen LogP contribution is 2.29. The zero-order chi connectivity index (χ0) is 11.6. The van der Waals surface area contributed by atoms with Gasteiger partial charge in [-0.25, -0.2) is 0 Å². The maximum Gasteiger partial charge on any atom is 0.310 e. The van der Waals surface area contributed by atoms with E-state index in [1.807, 2.05) is 0 Å². The predicted octanol–water partition coefficient (Wildman–Crippen LogP) is 2.55. The van der Waals surface area contributed by atoms with Gasteiger partial charge in [0.25, 0.3) is 5.69 Å². The summed E-state index contributed by atoms with van der Waals surface area (Å²) in [6.07, 6.45) is 0. The standard InChI is InChI=1S/C9H8BrNO4/c1-5(9(12)13)7-4-6(10)2-3-8(7)11(14)15/h2-5H,1H3,(H,12,13). The van der Waals surface area contributed by atoms with Crippen LogP contribution in [-0.4, -0.2) is 16.0 Å². The topological polar surface area (TPSA) is 80.4 Å². The quantitative estimate of drug-likeness (QED) is 0.678. The SMILES string of the molecule is CC(C(=O)O)c1cc(Br)ccc1[N+](=O)[O-]. The van der Waals surface area contributed by atoms with Crippen LogP contribution >= 0.6 is 15.9 Å². The third kappa shape index (κ3) is 2.53. The van der Waals surface area contributed by atoms with Crippen LogP contribution in [0.25, 0.3) is 0 Å². The molecule has 0 aliphatic carbocycles. The van der Waals surface area contributed by atoms with Gasteiger partial charge in [0.2, 0.25) is 0 Å². The van der Waals surface area contributed by atoms with E-state index in [-0.39, 0.29) is 11.3 Å². The van der Waals surface area contributed by atoms with Crippen LogP contribution in [0.3, 0.4) is 0 Å². The Hall–Kier alpha value is -1.43. The number of aliphatic carboxylic acids is 1. The summed E-state index contributed by atoms with van der Waals surface area (Å²) in [6.45, 7) is 1.41. The summed E-state index contributed by atoms with van der Waals surface area (Å²) in [5.74, 6) is -1.99. The molecule has 1 N–H and O–H groups in total. The Morgan fingerprint density at radius 1 is 1.60 bits per heavy atom. The van der Waals surface area contributed by atoms with Crippen LogP contribution < -0.4 is 0 Å².